The van der Waals surface area contributed by atoms with E-state index in [1.54, 1.807) is 7.11 Å². The Morgan fingerprint density at radius 1 is 0.900 bits per heavy atom. The molecule has 0 unspecified atom stereocenters. The van der Waals surface area contributed by atoms with Crippen molar-refractivity contribution < 1.29 is 14.3 Å². The summed E-state index contributed by atoms with van der Waals surface area (Å²) >= 11 is 0. The summed E-state index contributed by atoms with van der Waals surface area (Å²) in [4.78, 5) is 16.4. The Bertz CT molecular complexity index is 971. The predicted octanol–water partition coefficient (Wildman–Crippen LogP) is 2.88. The van der Waals surface area contributed by atoms with Crippen LogP contribution >= 0.6 is 0 Å². The van der Waals surface area contributed by atoms with Crippen LogP contribution in [-0.2, 0) is 4.79 Å². The number of carbonyl (C=O) groups is 1. The van der Waals surface area contributed by atoms with Crippen molar-refractivity contribution in [2.75, 3.05) is 44.8 Å². The van der Waals surface area contributed by atoms with Crippen LogP contribution in [0.3, 0.4) is 0 Å². The van der Waals surface area contributed by atoms with Gasteiger partial charge >= 0.3 is 0 Å². The summed E-state index contributed by atoms with van der Waals surface area (Å²) in [6, 6.07) is 21.1. The van der Waals surface area contributed by atoms with Crippen LogP contribution in [0.25, 0.3) is 11.3 Å². The predicted molar refractivity (Wildman–Crippen MR) is 115 cm³/mol. The Kier molecular flexibility index (Phi) is 6.08. The molecule has 1 saturated heterocycles. The van der Waals surface area contributed by atoms with Crippen molar-refractivity contribution in [3.63, 3.8) is 0 Å². The molecule has 1 aliphatic heterocycles. The maximum atomic E-state index is 12.4. The lowest BCUT2D eigenvalue weighted by Gasteiger charge is -2.35. The maximum Gasteiger partial charge on any atom is 0.260 e. The van der Waals surface area contributed by atoms with Gasteiger partial charge in [-0.3, -0.25) is 4.79 Å². The third-order valence-electron chi connectivity index (χ3n) is 5.08. The first kappa shape index (κ1) is 19.7. The molecule has 0 bridgehead atoms. The molecule has 0 atom stereocenters. The number of ether oxygens (including phenoxy) is 2. The maximum absolute atomic E-state index is 12.4. The highest BCUT2D eigenvalue weighted by Gasteiger charge is 2.22. The zero-order valence-corrected chi connectivity index (χ0v) is 16.9. The second-order valence-corrected chi connectivity index (χ2v) is 6.98. The molecule has 7 heteroatoms. The highest BCUT2D eigenvalue weighted by atomic mass is 16.5. The van der Waals surface area contributed by atoms with Crippen LogP contribution in [-0.4, -0.2) is 60.9 Å². The molecule has 154 valence electrons. The summed E-state index contributed by atoms with van der Waals surface area (Å²) in [6.45, 7) is 2.75. The highest BCUT2D eigenvalue weighted by molar-refractivity contribution is 5.78. The van der Waals surface area contributed by atoms with E-state index in [-0.39, 0.29) is 12.5 Å². The molecule has 0 N–H and O–H groups in total. The highest BCUT2D eigenvalue weighted by Crippen LogP contribution is 2.23. The lowest BCUT2D eigenvalue weighted by molar-refractivity contribution is -0.133. The molecule has 1 amide bonds. The Labute approximate surface area is 175 Å². The van der Waals surface area contributed by atoms with Crippen LogP contribution in [0, 0.1) is 0 Å². The Balaban J connectivity index is 1.31. The van der Waals surface area contributed by atoms with Gasteiger partial charge in [0.15, 0.2) is 12.4 Å². The summed E-state index contributed by atoms with van der Waals surface area (Å²) in [5.41, 5.74) is 1.76. The van der Waals surface area contributed by atoms with E-state index in [0.717, 1.165) is 22.8 Å². The lowest BCUT2D eigenvalue weighted by Crippen LogP contribution is -2.50. The van der Waals surface area contributed by atoms with Gasteiger partial charge in [0, 0.05) is 31.7 Å². The number of aromatic nitrogens is 2. The molecule has 1 aliphatic rings. The van der Waals surface area contributed by atoms with Gasteiger partial charge in [0.05, 0.1) is 12.8 Å². The van der Waals surface area contributed by atoms with Crippen LogP contribution in [0.4, 0.5) is 5.82 Å². The van der Waals surface area contributed by atoms with Gasteiger partial charge in [-0.2, -0.15) is 0 Å². The first-order valence-electron chi connectivity index (χ1n) is 9.91. The molecule has 3 aromatic rings. The first-order valence-corrected chi connectivity index (χ1v) is 9.91. The Hall–Kier alpha value is -3.61. The fraction of sp³-hybridized carbons (Fsp3) is 0.261. The van der Waals surface area contributed by atoms with Crippen LogP contribution in [0.1, 0.15) is 0 Å². The number of nitrogens with zero attached hydrogens (tertiary/aromatic N) is 4. The van der Waals surface area contributed by atoms with E-state index < -0.39 is 0 Å². The van der Waals surface area contributed by atoms with Crippen molar-refractivity contribution in [2.24, 2.45) is 0 Å². The Morgan fingerprint density at radius 2 is 1.67 bits per heavy atom. The molecular formula is C23H24N4O3. The fourth-order valence-corrected chi connectivity index (χ4v) is 3.37. The number of carbonyl (C=O) groups excluding carboxylic acids is 1. The minimum atomic E-state index is -0.00189. The smallest absolute Gasteiger partial charge is 0.260 e. The molecule has 0 saturated carbocycles. The van der Waals surface area contributed by atoms with Crippen LogP contribution < -0.4 is 14.4 Å². The summed E-state index contributed by atoms with van der Waals surface area (Å²) in [6.07, 6.45) is 0. The number of hydrogen-bond acceptors (Lipinski definition) is 6. The van der Waals surface area contributed by atoms with E-state index in [2.05, 4.69) is 15.1 Å². The summed E-state index contributed by atoms with van der Waals surface area (Å²) in [5.74, 6) is 2.30. The SMILES string of the molecule is COc1cccc(-c2ccc(N3CCN(C(=O)COc4ccccc4)CC3)nn2)c1. The molecule has 1 fully saturated rings. The second-order valence-electron chi connectivity index (χ2n) is 6.98. The molecule has 2 aromatic carbocycles. The number of methoxy groups -OCH3 is 1. The van der Waals surface area contributed by atoms with E-state index in [0.29, 0.717) is 31.9 Å². The zero-order valence-electron chi connectivity index (χ0n) is 16.9. The van der Waals surface area contributed by atoms with E-state index in [4.69, 9.17) is 9.47 Å². The molecule has 7 nitrogen and oxygen atoms in total. The fourth-order valence-electron chi connectivity index (χ4n) is 3.37. The number of rotatable bonds is 6. The number of benzene rings is 2. The largest absolute Gasteiger partial charge is 0.497 e. The monoisotopic (exact) mass is 404 g/mol. The Morgan fingerprint density at radius 3 is 2.37 bits per heavy atom. The molecule has 30 heavy (non-hydrogen) atoms. The van der Waals surface area contributed by atoms with E-state index in [9.17, 15) is 4.79 Å². The molecule has 2 heterocycles. The van der Waals surface area contributed by atoms with Crippen molar-refractivity contribution in [3.8, 4) is 22.8 Å². The van der Waals surface area contributed by atoms with Crippen LogP contribution in [0.2, 0.25) is 0 Å². The number of anilines is 1. The average molecular weight is 404 g/mol. The van der Waals surface area contributed by atoms with Crippen molar-refractivity contribution in [2.45, 2.75) is 0 Å². The van der Waals surface area contributed by atoms with Crippen molar-refractivity contribution in [1.82, 2.24) is 15.1 Å². The van der Waals surface area contributed by atoms with Gasteiger partial charge in [-0.15, -0.1) is 10.2 Å². The molecule has 4 rings (SSSR count). The van der Waals surface area contributed by atoms with Crippen LogP contribution in [0.15, 0.2) is 66.7 Å². The first-order chi connectivity index (χ1) is 14.7. The third kappa shape index (κ3) is 4.68. The lowest BCUT2D eigenvalue weighted by atomic mass is 10.1. The minimum absolute atomic E-state index is 0.00189. The zero-order chi connectivity index (χ0) is 20.8. The van der Waals surface area contributed by atoms with Gasteiger partial charge in [-0.1, -0.05) is 30.3 Å². The topological polar surface area (TPSA) is 67.8 Å². The summed E-state index contributed by atoms with van der Waals surface area (Å²) in [7, 11) is 1.64. The second kappa shape index (κ2) is 9.26. The third-order valence-corrected chi connectivity index (χ3v) is 5.08. The molecule has 0 aliphatic carbocycles. The molecule has 0 spiro atoms. The van der Waals surface area contributed by atoms with E-state index in [1.165, 1.54) is 0 Å². The van der Waals surface area contributed by atoms with Crippen molar-refractivity contribution in [3.05, 3.63) is 66.7 Å². The van der Waals surface area contributed by atoms with Gasteiger partial charge in [0.25, 0.3) is 5.91 Å². The van der Waals surface area contributed by atoms with Crippen LogP contribution in [0.5, 0.6) is 11.5 Å². The van der Waals surface area contributed by atoms with Gasteiger partial charge in [0.1, 0.15) is 11.5 Å². The normalized spacial score (nSPS) is 13.8. The molecule has 1 aromatic heterocycles. The number of piperazine rings is 1. The van der Waals surface area contributed by atoms with Gasteiger partial charge < -0.3 is 19.3 Å². The van der Waals surface area contributed by atoms with Gasteiger partial charge in [-0.25, -0.2) is 0 Å². The quantitative estimate of drug-likeness (QED) is 0.629. The number of amides is 1. The molecular weight excluding hydrogens is 380 g/mol. The van der Waals surface area contributed by atoms with Gasteiger partial charge in [-0.05, 0) is 36.4 Å². The summed E-state index contributed by atoms with van der Waals surface area (Å²) < 4.78 is 10.8. The number of hydrogen-bond donors (Lipinski definition) is 0. The van der Waals surface area contributed by atoms with Gasteiger partial charge in [0.2, 0.25) is 0 Å². The minimum Gasteiger partial charge on any atom is -0.497 e. The standard InChI is InChI=1S/C23H24N4O3/c1-29-20-9-5-6-18(16-20)21-10-11-22(25-24-21)26-12-14-27(15-13-26)23(28)17-30-19-7-3-2-4-8-19/h2-11,16H,12-15,17H2,1H3. The average Bonchev–Trinajstić information content (AvgIpc) is 2.83. The van der Waals surface area contributed by atoms with E-state index >= 15 is 0 Å². The van der Waals surface area contributed by atoms with Crippen molar-refractivity contribution >= 4 is 11.7 Å². The van der Waals surface area contributed by atoms with Crippen molar-refractivity contribution in [1.29, 1.82) is 0 Å². The number of para-hydroxylation sites is 1. The van der Waals surface area contributed by atoms with E-state index in [1.807, 2.05) is 71.6 Å². The summed E-state index contributed by atoms with van der Waals surface area (Å²) in [5, 5.41) is 8.76. The molecule has 0 radical (unpaired) electrons.